The maximum absolute atomic E-state index is 11.1. The molecule has 12 heavy (non-hydrogen) atoms. The van der Waals surface area contributed by atoms with E-state index in [9.17, 15) is 9.59 Å². The van der Waals surface area contributed by atoms with Crippen LogP contribution in [0.3, 0.4) is 0 Å². The molecule has 70 valence electrons. The Labute approximate surface area is 77.3 Å². The molecule has 1 rings (SSSR count). The van der Waals surface area contributed by atoms with E-state index in [1.54, 1.807) is 0 Å². The van der Waals surface area contributed by atoms with Gasteiger partial charge in [-0.15, -0.1) is 12.4 Å². The topological polar surface area (TPSA) is 72.2 Å². The summed E-state index contributed by atoms with van der Waals surface area (Å²) in [6.07, 6.45) is 1.40. The SMILES string of the molecule is CCC1(N)CCC(=O)NC1=O.Cl. The molecular weight excluding hydrogens is 180 g/mol. The van der Waals surface area contributed by atoms with Crippen molar-refractivity contribution in [2.75, 3.05) is 0 Å². The fourth-order valence-corrected chi connectivity index (χ4v) is 1.10. The summed E-state index contributed by atoms with van der Waals surface area (Å²) in [6, 6.07) is 0. The van der Waals surface area contributed by atoms with Crippen LogP contribution in [-0.4, -0.2) is 17.4 Å². The van der Waals surface area contributed by atoms with Crippen LogP contribution in [0.25, 0.3) is 0 Å². The summed E-state index contributed by atoms with van der Waals surface area (Å²) in [4.78, 5) is 21.8. The monoisotopic (exact) mass is 192 g/mol. The Balaban J connectivity index is 0.00000121. The zero-order valence-electron chi connectivity index (χ0n) is 6.92. The molecule has 1 aliphatic heterocycles. The van der Waals surface area contributed by atoms with Gasteiger partial charge in [-0.1, -0.05) is 6.92 Å². The highest BCUT2D eigenvalue weighted by Gasteiger charge is 2.37. The zero-order chi connectivity index (χ0) is 8.48. The third-order valence-electron chi connectivity index (χ3n) is 2.13. The largest absolute Gasteiger partial charge is 0.317 e. The first kappa shape index (κ1) is 11.4. The molecule has 2 amide bonds. The van der Waals surface area contributed by atoms with Crippen LogP contribution < -0.4 is 11.1 Å². The molecule has 5 heteroatoms. The van der Waals surface area contributed by atoms with Crippen LogP contribution in [-0.2, 0) is 9.59 Å². The van der Waals surface area contributed by atoms with E-state index in [1.165, 1.54) is 0 Å². The van der Waals surface area contributed by atoms with E-state index in [-0.39, 0.29) is 24.2 Å². The first-order valence-corrected chi connectivity index (χ1v) is 3.71. The van der Waals surface area contributed by atoms with E-state index >= 15 is 0 Å². The summed E-state index contributed by atoms with van der Waals surface area (Å²) in [5.74, 6) is -0.555. The second kappa shape index (κ2) is 3.87. The lowest BCUT2D eigenvalue weighted by atomic mass is 9.88. The number of hydrogen-bond acceptors (Lipinski definition) is 3. The summed E-state index contributed by atoms with van der Waals surface area (Å²) in [5.41, 5.74) is 4.89. The number of halogens is 1. The Morgan fingerprint density at radius 1 is 1.58 bits per heavy atom. The second-order valence-electron chi connectivity index (χ2n) is 2.89. The standard InChI is InChI=1S/C7H12N2O2.ClH/c1-2-7(8)4-3-5(10)9-6(7)11;/h2-4,8H2,1H3,(H,9,10,11);1H. The minimum absolute atomic E-state index is 0. The maximum atomic E-state index is 11.1. The van der Waals surface area contributed by atoms with Crippen molar-refractivity contribution >= 4 is 24.2 Å². The number of imide groups is 1. The normalized spacial score (nSPS) is 29.2. The second-order valence-corrected chi connectivity index (χ2v) is 2.89. The number of piperidine rings is 1. The maximum Gasteiger partial charge on any atom is 0.246 e. The predicted octanol–water partition coefficient (Wildman–Crippen LogP) is -0.0477. The fraction of sp³-hybridized carbons (Fsp3) is 0.714. The van der Waals surface area contributed by atoms with Crippen molar-refractivity contribution in [1.29, 1.82) is 0 Å². The van der Waals surface area contributed by atoms with Crippen LogP contribution in [0.15, 0.2) is 0 Å². The fourth-order valence-electron chi connectivity index (χ4n) is 1.10. The van der Waals surface area contributed by atoms with Gasteiger partial charge in [0.05, 0.1) is 5.54 Å². The molecule has 1 saturated heterocycles. The predicted molar refractivity (Wildman–Crippen MR) is 46.8 cm³/mol. The number of nitrogens with one attached hydrogen (secondary N) is 1. The van der Waals surface area contributed by atoms with E-state index in [2.05, 4.69) is 5.32 Å². The molecule has 0 radical (unpaired) electrons. The zero-order valence-corrected chi connectivity index (χ0v) is 7.74. The summed E-state index contributed by atoms with van der Waals surface area (Å²) in [7, 11) is 0. The molecule has 1 unspecified atom stereocenters. The highest BCUT2D eigenvalue weighted by molar-refractivity contribution is 6.02. The van der Waals surface area contributed by atoms with Gasteiger partial charge in [0.2, 0.25) is 11.8 Å². The van der Waals surface area contributed by atoms with Crippen LogP contribution in [0, 0.1) is 0 Å². The Bertz CT molecular complexity index is 208. The molecule has 0 spiro atoms. The minimum Gasteiger partial charge on any atom is -0.317 e. The molecule has 0 aromatic rings. The molecule has 0 aliphatic carbocycles. The van der Waals surface area contributed by atoms with Gasteiger partial charge in [-0.2, -0.15) is 0 Å². The summed E-state index contributed by atoms with van der Waals surface area (Å²) in [5, 5.41) is 2.22. The average Bonchev–Trinajstić information content (AvgIpc) is 1.98. The summed E-state index contributed by atoms with van der Waals surface area (Å²) < 4.78 is 0. The summed E-state index contributed by atoms with van der Waals surface area (Å²) >= 11 is 0. The van der Waals surface area contributed by atoms with Gasteiger partial charge >= 0.3 is 0 Å². The highest BCUT2D eigenvalue weighted by Crippen LogP contribution is 2.17. The Kier molecular flexibility index (Phi) is 3.67. The molecule has 0 saturated carbocycles. The van der Waals surface area contributed by atoms with Crippen molar-refractivity contribution < 1.29 is 9.59 Å². The average molecular weight is 193 g/mol. The van der Waals surface area contributed by atoms with Gasteiger partial charge in [-0.25, -0.2) is 0 Å². The van der Waals surface area contributed by atoms with E-state index in [0.717, 1.165) is 0 Å². The van der Waals surface area contributed by atoms with Crippen LogP contribution in [0.1, 0.15) is 26.2 Å². The number of nitrogens with two attached hydrogens (primary N) is 1. The minimum atomic E-state index is -0.812. The van der Waals surface area contributed by atoms with Gasteiger partial charge in [0.25, 0.3) is 0 Å². The Hall–Kier alpha value is -0.610. The first-order chi connectivity index (χ1) is 5.08. The van der Waals surface area contributed by atoms with Crippen LogP contribution in [0.4, 0.5) is 0 Å². The smallest absolute Gasteiger partial charge is 0.246 e. The third-order valence-corrected chi connectivity index (χ3v) is 2.13. The van der Waals surface area contributed by atoms with Gasteiger partial charge in [-0.3, -0.25) is 14.9 Å². The van der Waals surface area contributed by atoms with Crippen molar-refractivity contribution in [1.82, 2.24) is 5.32 Å². The van der Waals surface area contributed by atoms with Crippen molar-refractivity contribution in [3.8, 4) is 0 Å². The number of rotatable bonds is 1. The third kappa shape index (κ3) is 1.95. The number of hydrogen-bond donors (Lipinski definition) is 2. The molecule has 1 heterocycles. The molecule has 0 aromatic carbocycles. The van der Waals surface area contributed by atoms with Crippen molar-refractivity contribution in [3.05, 3.63) is 0 Å². The van der Waals surface area contributed by atoms with Gasteiger partial charge in [-0.05, 0) is 12.8 Å². The van der Waals surface area contributed by atoms with E-state index in [0.29, 0.717) is 19.3 Å². The molecule has 4 nitrogen and oxygen atoms in total. The quantitative estimate of drug-likeness (QED) is 0.573. The molecule has 1 atom stereocenters. The number of carbonyl (C=O) groups is 2. The van der Waals surface area contributed by atoms with Crippen molar-refractivity contribution in [2.45, 2.75) is 31.7 Å². The lowest BCUT2D eigenvalue weighted by Crippen LogP contribution is -2.58. The van der Waals surface area contributed by atoms with Gasteiger partial charge in [0.15, 0.2) is 0 Å². The number of carbonyl (C=O) groups excluding carboxylic acids is 2. The number of amides is 2. The van der Waals surface area contributed by atoms with Crippen LogP contribution >= 0.6 is 12.4 Å². The molecule has 1 fully saturated rings. The van der Waals surface area contributed by atoms with Crippen LogP contribution in [0.5, 0.6) is 0 Å². The van der Waals surface area contributed by atoms with Crippen LogP contribution in [0.2, 0.25) is 0 Å². The first-order valence-electron chi connectivity index (χ1n) is 3.71. The van der Waals surface area contributed by atoms with Gasteiger partial charge in [0, 0.05) is 6.42 Å². The van der Waals surface area contributed by atoms with E-state index in [1.807, 2.05) is 6.92 Å². The van der Waals surface area contributed by atoms with Gasteiger partial charge < -0.3 is 5.73 Å². The molecular formula is C7H13ClN2O2. The molecule has 0 aromatic heterocycles. The Morgan fingerprint density at radius 2 is 2.17 bits per heavy atom. The van der Waals surface area contributed by atoms with Crippen molar-refractivity contribution in [2.24, 2.45) is 5.73 Å². The van der Waals surface area contributed by atoms with Crippen molar-refractivity contribution in [3.63, 3.8) is 0 Å². The molecule has 3 N–H and O–H groups in total. The van der Waals surface area contributed by atoms with Gasteiger partial charge in [0.1, 0.15) is 0 Å². The Morgan fingerprint density at radius 3 is 2.58 bits per heavy atom. The lowest BCUT2D eigenvalue weighted by Gasteiger charge is -2.29. The van der Waals surface area contributed by atoms with E-state index in [4.69, 9.17) is 5.73 Å². The summed E-state index contributed by atoms with van der Waals surface area (Å²) in [6.45, 7) is 1.84. The van der Waals surface area contributed by atoms with E-state index < -0.39 is 5.54 Å². The highest BCUT2D eigenvalue weighted by atomic mass is 35.5. The lowest BCUT2D eigenvalue weighted by molar-refractivity contribution is -0.137. The molecule has 1 aliphatic rings. The molecule has 0 bridgehead atoms.